The summed E-state index contributed by atoms with van der Waals surface area (Å²) in [6, 6.07) is 6.23. The summed E-state index contributed by atoms with van der Waals surface area (Å²) >= 11 is 0. The molecule has 1 saturated carbocycles. The summed E-state index contributed by atoms with van der Waals surface area (Å²) in [6.45, 7) is 1.94. The van der Waals surface area contributed by atoms with Crippen molar-refractivity contribution in [3.8, 4) is 5.75 Å². The van der Waals surface area contributed by atoms with E-state index in [1.165, 1.54) is 25.0 Å². The third-order valence-corrected chi connectivity index (χ3v) is 4.47. The molecular weight excluding hydrogens is 278 g/mol. The molecule has 1 aromatic carbocycles. The second-order valence-electron chi connectivity index (χ2n) is 5.23. The Balaban J connectivity index is 1.83. The van der Waals surface area contributed by atoms with E-state index in [1.54, 1.807) is 12.1 Å². The molecule has 0 radical (unpaired) electrons. The van der Waals surface area contributed by atoms with Gasteiger partial charge in [0, 0.05) is 12.3 Å². The van der Waals surface area contributed by atoms with Crippen LogP contribution in [0, 0.1) is 5.92 Å². The molecule has 1 aliphatic carbocycles. The number of benzene rings is 1. The molecule has 0 bridgehead atoms. The monoisotopic (exact) mass is 297 g/mol. The lowest BCUT2D eigenvalue weighted by atomic mass is 10.2. The van der Waals surface area contributed by atoms with E-state index >= 15 is 0 Å². The minimum Gasteiger partial charge on any atom is -0.484 e. The van der Waals surface area contributed by atoms with Gasteiger partial charge in [0.1, 0.15) is 5.75 Å². The summed E-state index contributed by atoms with van der Waals surface area (Å²) in [7, 11) is -3.20. The summed E-state index contributed by atoms with van der Waals surface area (Å²) in [5, 5.41) is 2.89. The van der Waals surface area contributed by atoms with Crippen molar-refractivity contribution in [2.75, 3.05) is 12.9 Å². The lowest BCUT2D eigenvalue weighted by Gasteiger charge is -2.13. The Hall–Kier alpha value is -1.56. The van der Waals surface area contributed by atoms with Crippen LogP contribution in [-0.2, 0) is 14.6 Å². The maximum absolute atomic E-state index is 11.7. The van der Waals surface area contributed by atoms with Crippen LogP contribution in [0.3, 0.4) is 0 Å². The van der Waals surface area contributed by atoms with Gasteiger partial charge < -0.3 is 10.1 Å². The molecule has 2 rings (SSSR count). The first-order chi connectivity index (χ1) is 9.36. The largest absolute Gasteiger partial charge is 0.484 e. The SMILES string of the molecule is CC(NC(=O)COc1ccc(S(C)(=O)=O)cc1)C1CC1. The molecule has 1 aliphatic rings. The molecule has 1 aromatic rings. The maximum atomic E-state index is 11.7. The van der Waals surface area contributed by atoms with E-state index in [-0.39, 0.29) is 23.5 Å². The highest BCUT2D eigenvalue weighted by atomic mass is 32.2. The van der Waals surface area contributed by atoms with Crippen LogP contribution in [0.15, 0.2) is 29.2 Å². The topological polar surface area (TPSA) is 72.5 Å². The van der Waals surface area contributed by atoms with Gasteiger partial charge in [-0.1, -0.05) is 0 Å². The van der Waals surface area contributed by atoms with Gasteiger partial charge in [0.05, 0.1) is 4.90 Å². The minimum atomic E-state index is -3.20. The van der Waals surface area contributed by atoms with Gasteiger partial charge in [-0.3, -0.25) is 4.79 Å². The van der Waals surface area contributed by atoms with Gasteiger partial charge in [0.15, 0.2) is 16.4 Å². The van der Waals surface area contributed by atoms with Crippen molar-refractivity contribution < 1.29 is 17.9 Å². The zero-order valence-corrected chi connectivity index (χ0v) is 12.4. The van der Waals surface area contributed by atoms with Gasteiger partial charge in [-0.15, -0.1) is 0 Å². The number of hydrogen-bond acceptors (Lipinski definition) is 4. The van der Waals surface area contributed by atoms with Gasteiger partial charge in [0.25, 0.3) is 5.91 Å². The van der Waals surface area contributed by atoms with Crippen LogP contribution in [-0.4, -0.2) is 33.2 Å². The molecule has 5 nitrogen and oxygen atoms in total. The van der Waals surface area contributed by atoms with Gasteiger partial charge in [-0.25, -0.2) is 8.42 Å². The fraction of sp³-hybridized carbons (Fsp3) is 0.500. The van der Waals surface area contributed by atoms with Crippen LogP contribution in [0.2, 0.25) is 0 Å². The zero-order valence-electron chi connectivity index (χ0n) is 11.6. The highest BCUT2D eigenvalue weighted by Crippen LogP contribution is 2.32. The Morgan fingerprint density at radius 2 is 1.95 bits per heavy atom. The van der Waals surface area contributed by atoms with Crippen molar-refractivity contribution in [1.82, 2.24) is 5.32 Å². The van der Waals surface area contributed by atoms with Gasteiger partial charge >= 0.3 is 0 Å². The number of amides is 1. The normalized spacial score (nSPS) is 16.5. The zero-order chi connectivity index (χ0) is 14.8. The lowest BCUT2D eigenvalue weighted by molar-refractivity contribution is -0.123. The maximum Gasteiger partial charge on any atom is 0.258 e. The van der Waals surface area contributed by atoms with E-state index in [1.807, 2.05) is 6.92 Å². The van der Waals surface area contributed by atoms with E-state index in [0.29, 0.717) is 11.7 Å². The summed E-state index contributed by atoms with van der Waals surface area (Å²) in [4.78, 5) is 11.9. The average molecular weight is 297 g/mol. The molecule has 6 heteroatoms. The van der Waals surface area contributed by atoms with Gasteiger partial charge in [-0.05, 0) is 49.9 Å². The van der Waals surface area contributed by atoms with Crippen molar-refractivity contribution in [2.24, 2.45) is 5.92 Å². The number of ether oxygens (including phenoxy) is 1. The Labute approximate surface area is 119 Å². The van der Waals surface area contributed by atoms with Crippen LogP contribution in [0.4, 0.5) is 0 Å². The number of sulfone groups is 1. The molecule has 1 N–H and O–H groups in total. The molecule has 0 aliphatic heterocycles. The molecule has 1 amide bonds. The molecule has 1 unspecified atom stereocenters. The summed E-state index contributed by atoms with van der Waals surface area (Å²) in [6.07, 6.45) is 3.50. The Bertz CT molecular complexity index is 576. The lowest BCUT2D eigenvalue weighted by Crippen LogP contribution is -2.37. The number of carbonyl (C=O) groups is 1. The smallest absolute Gasteiger partial charge is 0.258 e. The average Bonchev–Trinajstić information content (AvgIpc) is 3.20. The van der Waals surface area contributed by atoms with Crippen LogP contribution >= 0.6 is 0 Å². The number of rotatable bonds is 6. The number of hydrogen-bond donors (Lipinski definition) is 1. The van der Waals surface area contributed by atoms with E-state index < -0.39 is 9.84 Å². The summed E-state index contributed by atoms with van der Waals surface area (Å²) in [5.74, 6) is 0.927. The van der Waals surface area contributed by atoms with Crippen LogP contribution in [0.5, 0.6) is 5.75 Å². The molecule has 1 fully saturated rings. The summed E-state index contributed by atoms with van der Waals surface area (Å²) in [5.41, 5.74) is 0. The van der Waals surface area contributed by atoms with E-state index in [9.17, 15) is 13.2 Å². The highest BCUT2D eigenvalue weighted by molar-refractivity contribution is 7.90. The highest BCUT2D eigenvalue weighted by Gasteiger charge is 2.28. The van der Waals surface area contributed by atoms with Crippen molar-refractivity contribution in [3.05, 3.63) is 24.3 Å². The van der Waals surface area contributed by atoms with Gasteiger partial charge in [0.2, 0.25) is 0 Å². The van der Waals surface area contributed by atoms with E-state index in [2.05, 4.69) is 5.32 Å². The quantitative estimate of drug-likeness (QED) is 0.861. The predicted octanol–water partition coefficient (Wildman–Crippen LogP) is 1.38. The third kappa shape index (κ3) is 4.23. The van der Waals surface area contributed by atoms with Gasteiger partial charge in [-0.2, -0.15) is 0 Å². The number of carbonyl (C=O) groups excluding carboxylic acids is 1. The first-order valence-corrected chi connectivity index (χ1v) is 8.47. The first-order valence-electron chi connectivity index (χ1n) is 6.58. The second-order valence-corrected chi connectivity index (χ2v) is 7.24. The molecule has 0 spiro atoms. The second kappa shape index (κ2) is 5.83. The molecule has 0 aromatic heterocycles. The molecule has 110 valence electrons. The van der Waals surface area contributed by atoms with Crippen molar-refractivity contribution in [3.63, 3.8) is 0 Å². The molecule has 0 saturated heterocycles. The minimum absolute atomic E-state index is 0.0602. The molecular formula is C14H19NO4S. The third-order valence-electron chi connectivity index (χ3n) is 3.34. The predicted molar refractivity (Wildman–Crippen MR) is 75.4 cm³/mol. The van der Waals surface area contributed by atoms with Crippen LogP contribution in [0.25, 0.3) is 0 Å². The van der Waals surface area contributed by atoms with Crippen molar-refractivity contribution in [1.29, 1.82) is 0 Å². The first kappa shape index (κ1) is 14.8. The standard InChI is InChI=1S/C14H19NO4S/c1-10(11-3-4-11)15-14(16)9-19-12-5-7-13(8-6-12)20(2,17)18/h5-8,10-11H,3-4,9H2,1-2H3,(H,15,16). The Morgan fingerprint density at radius 3 is 2.45 bits per heavy atom. The van der Waals surface area contributed by atoms with E-state index in [4.69, 9.17) is 4.74 Å². The van der Waals surface area contributed by atoms with E-state index in [0.717, 1.165) is 6.26 Å². The fourth-order valence-corrected chi connectivity index (χ4v) is 2.57. The number of nitrogens with one attached hydrogen (secondary N) is 1. The Morgan fingerprint density at radius 1 is 1.35 bits per heavy atom. The van der Waals surface area contributed by atoms with Crippen LogP contribution in [0.1, 0.15) is 19.8 Å². The Kier molecular flexibility index (Phi) is 4.32. The summed E-state index contributed by atoms with van der Waals surface area (Å²) < 4.78 is 27.9. The van der Waals surface area contributed by atoms with Crippen molar-refractivity contribution in [2.45, 2.75) is 30.7 Å². The molecule has 1 atom stereocenters. The fourth-order valence-electron chi connectivity index (χ4n) is 1.94. The molecule has 20 heavy (non-hydrogen) atoms. The van der Waals surface area contributed by atoms with Crippen molar-refractivity contribution >= 4 is 15.7 Å². The van der Waals surface area contributed by atoms with Crippen LogP contribution < -0.4 is 10.1 Å². The molecule has 0 heterocycles.